The molecule has 0 aliphatic carbocycles. The Balaban J connectivity index is 2.49. The van der Waals surface area contributed by atoms with Crippen LogP contribution in [-0.4, -0.2) is 24.7 Å². The number of aromatic nitrogens is 5. The minimum atomic E-state index is 0.471. The van der Waals surface area contributed by atoms with Gasteiger partial charge in [0, 0.05) is 11.8 Å². The van der Waals surface area contributed by atoms with Crippen molar-refractivity contribution in [1.82, 2.24) is 24.7 Å². The Morgan fingerprint density at radius 1 is 1.31 bits per heavy atom. The highest BCUT2D eigenvalue weighted by Crippen LogP contribution is 2.06. The number of nitrogens with zero attached hydrogens (tertiary/aromatic N) is 5. The molecule has 2 N–H and O–H groups in total. The summed E-state index contributed by atoms with van der Waals surface area (Å²) in [5, 5.41) is 7.29. The molecular formula is C7H8N6. The standard InChI is InChI=1S/C7H8N6/c1-5-2-9-7(12-6(5)8)13-3-10-11-4-13/h2-4H,1H3,(H2,8,9,12). The summed E-state index contributed by atoms with van der Waals surface area (Å²) < 4.78 is 1.59. The topological polar surface area (TPSA) is 82.5 Å². The summed E-state index contributed by atoms with van der Waals surface area (Å²) in [6.07, 6.45) is 4.70. The summed E-state index contributed by atoms with van der Waals surface area (Å²) in [6.45, 7) is 1.85. The van der Waals surface area contributed by atoms with Crippen molar-refractivity contribution in [3.05, 3.63) is 24.4 Å². The van der Waals surface area contributed by atoms with Crippen LogP contribution in [0.3, 0.4) is 0 Å². The van der Waals surface area contributed by atoms with Gasteiger partial charge in [0.25, 0.3) is 0 Å². The maximum Gasteiger partial charge on any atom is 0.238 e. The van der Waals surface area contributed by atoms with Gasteiger partial charge in [-0.3, -0.25) is 4.57 Å². The van der Waals surface area contributed by atoms with Gasteiger partial charge in [-0.15, -0.1) is 10.2 Å². The number of nitrogens with two attached hydrogens (primary N) is 1. The second-order valence-corrected chi connectivity index (χ2v) is 2.61. The van der Waals surface area contributed by atoms with Gasteiger partial charge in [0.15, 0.2) is 0 Å². The van der Waals surface area contributed by atoms with Crippen LogP contribution in [0.5, 0.6) is 0 Å². The average molecular weight is 176 g/mol. The van der Waals surface area contributed by atoms with Crippen LogP contribution in [0.4, 0.5) is 5.82 Å². The SMILES string of the molecule is Cc1cnc(-n2cnnc2)nc1N. The maximum atomic E-state index is 5.62. The van der Waals surface area contributed by atoms with E-state index in [9.17, 15) is 0 Å². The van der Waals surface area contributed by atoms with Crippen LogP contribution in [0.15, 0.2) is 18.9 Å². The Labute approximate surface area is 74.5 Å². The zero-order valence-corrected chi connectivity index (χ0v) is 7.05. The second kappa shape index (κ2) is 2.81. The van der Waals surface area contributed by atoms with Crippen LogP contribution < -0.4 is 5.73 Å². The summed E-state index contributed by atoms with van der Waals surface area (Å²) in [5.41, 5.74) is 6.48. The quantitative estimate of drug-likeness (QED) is 0.658. The lowest BCUT2D eigenvalue weighted by molar-refractivity contribution is 0.921. The Kier molecular flexibility index (Phi) is 1.66. The Hall–Kier alpha value is -1.98. The zero-order valence-electron chi connectivity index (χ0n) is 7.05. The van der Waals surface area contributed by atoms with E-state index in [2.05, 4.69) is 20.2 Å². The Morgan fingerprint density at radius 2 is 2.00 bits per heavy atom. The van der Waals surface area contributed by atoms with Crippen molar-refractivity contribution in [3.8, 4) is 5.95 Å². The smallest absolute Gasteiger partial charge is 0.238 e. The third-order valence-electron chi connectivity index (χ3n) is 1.65. The predicted molar refractivity (Wildman–Crippen MR) is 46.1 cm³/mol. The Morgan fingerprint density at radius 3 is 2.62 bits per heavy atom. The first-order valence-electron chi connectivity index (χ1n) is 3.71. The first kappa shape index (κ1) is 7.66. The van der Waals surface area contributed by atoms with E-state index in [1.165, 1.54) is 12.7 Å². The number of nitrogen functional groups attached to an aromatic ring is 1. The summed E-state index contributed by atoms with van der Waals surface area (Å²) in [5.74, 6) is 0.951. The molecule has 6 heteroatoms. The van der Waals surface area contributed by atoms with Crippen molar-refractivity contribution in [2.24, 2.45) is 0 Å². The fraction of sp³-hybridized carbons (Fsp3) is 0.143. The van der Waals surface area contributed by atoms with Gasteiger partial charge in [0.2, 0.25) is 5.95 Å². The second-order valence-electron chi connectivity index (χ2n) is 2.61. The molecule has 0 aliphatic heterocycles. The molecule has 0 fully saturated rings. The summed E-state index contributed by atoms with van der Waals surface area (Å²) in [4.78, 5) is 8.14. The monoisotopic (exact) mass is 176 g/mol. The minimum absolute atomic E-state index is 0.471. The van der Waals surface area contributed by atoms with Crippen LogP contribution in [0.1, 0.15) is 5.56 Å². The molecule has 66 valence electrons. The highest BCUT2D eigenvalue weighted by Gasteiger charge is 2.01. The van der Waals surface area contributed by atoms with Gasteiger partial charge >= 0.3 is 0 Å². The molecule has 0 spiro atoms. The van der Waals surface area contributed by atoms with Gasteiger partial charge in [-0.25, -0.2) is 4.98 Å². The van der Waals surface area contributed by atoms with Crippen LogP contribution >= 0.6 is 0 Å². The average Bonchev–Trinajstić information content (AvgIpc) is 2.62. The van der Waals surface area contributed by atoms with E-state index in [0.29, 0.717) is 11.8 Å². The van der Waals surface area contributed by atoms with E-state index in [4.69, 9.17) is 5.73 Å². The molecule has 2 aromatic heterocycles. The lowest BCUT2D eigenvalue weighted by Gasteiger charge is -2.01. The number of aryl methyl sites for hydroxylation is 1. The molecule has 2 rings (SSSR count). The van der Waals surface area contributed by atoms with Crippen molar-refractivity contribution in [2.75, 3.05) is 5.73 Å². The molecule has 0 bridgehead atoms. The molecule has 0 atom stereocenters. The molecule has 0 aliphatic rings. The van der Waals surface area contributed by atoms with E-state index >= 15 is 0 Å². The largest absolute Gasteiger partial charge is 0.383 e. The molecule has 2 aromatic rings. The maximum absolute atomic E-state index is 5.62. The number of hydrogen-bond donors (Lipinski definition) is 1. The third kappa shape index (κ3) is 1.33. The van der Waals surface area contributed by atoms with E-state index in [1.54, 1.807) is 10.8 Å². The van der Waals surface area contributed by atoms with E-state index < -0.39 is 0 Å². The molecule has 0 saturated heterocycles. The zero-order chi connectivity index (χ0) is 9.26. The number of anilines is 1. The van der Waals surface area contributed by atoms with Crippen molar-refractivity contribution in [3.63, 3.8) is 0 Å². The van der Waals surface area contributed by atoms with Crippen molar-refractivity contribution >= 4 is 5.82 Å². The molecular weight excluding hydrogens is 168 g/mol. The molecule has 6 nitrogen and oxygen atoms in total. The molecule has 13 heavy (non-hydrogen) atoms. The highest BCUT2D eigenvalue weighted by atomic mass is 15.3. The fourth-order valence-electron chi connectivity index (χ4n) is 0.874. The summed E-state index contributed by atoms with van der Waals surface area (Å²) in [7, 11) is 0. The molecule has 0 saturated carbocycles. The van der Waals surface area contributed by atoms with Crippen LogP contribution in [-0.2, 0) is 0 Å². The first-order chi connectivity index (χ1) is 6.27. The lowest BCUT2D eigenvalue weighted by atomic mass is 10.4. The van der Waals surface area contributed by atoms with E-state index in [0.717, 1.165) is 5.56 Å². The molecule has 0 unspecified atom stereocenters. The lowest BCUT2D eigenvalue weighted by Crippen LogP contribution is -2.03. The third-order valence-corrected chi connectivity index (χ3v) is 1.65. The van der Waals surface area contributed by atoms with Gasteiger partial charge in [0.1, 0.15) is 18.5 Å². The van der Waals surface area contributed by atoms with Gasteiger partial charge in [0.05, 0.1) is 0 Å². The van der Waals surface area contributed by atoms with E-state index in [-0.39, 0.29) is 0 Å². The van der Waals surface area contributed by atoms with Gasteiger partial charge in [-0.2, -0.15) is 4.98 Å². The van der Waals surface area contributed by atoms with Crippen molar-refractivity contribution in [1.29, 1.82) is 0 Å². The highest BCUT2D eigenvalue weighted by molar-refractivity contribution is 5.38. The Bertz CT molecular complexity index is 407. The first-order valence-corrected chi connectivity index (χ1v) is 3.71. The van der Waals surface area contributed by atoms with Crippen molar-refractivity contribution in [2.45, 2.75) is 6.92 Å². The predicted octanol–water partition coefficient (Wildman–Crippen LogP) is -0.0521. The van der Waals surface area contributed by atoms with E-state index in [1.807, 2.05) is 6.92 Å². The van der Waals surface area contributed by atoms with Gasteiger partial charge in [-0.05, 0) is 6.92 Å². The normalized spacial score (nSPS) is 10.2. The number of hydrogen-bond acceptors (Lipinski definition) is 5. The molecule has 0 aromatic carbocycles. The van der Waals surface area contributed by atoms with Crippen LogP contribution in [0, 0.1) is 6.92 Å². The minimum Gasteiger partial charge on any atom is -0.383 e. The summed E-state index contributed by atoms with van der Waals surface area (Å²) >= 11 is 0. The van der Waals surface area contributed by atoms with Crippen LogP contribution in [0.25, 0.3) is 5.95 Å². The van der Waals surface area contributed by atoms with Crippen molar-refractivity contribution < 1.29 is 0 Å². The fourth-order valence-corrected chi connectivity index (χ4v) is 0.874. The molecule has 0 radical (unpaired) electrons. The molecule has 0 amide bonds. The number of rotatable bonds is 1. The molecule has 2 heterocycles. The van der Waals surface area contributed by atoms with Crippen LogP contribution in [0.2, 0.25) is 0 Å². The van der Waals surface area contributed by atoms with Gasteiger partial charge in [-0.1, -0.05) is 0 Å². The van der Waals surface area contributed by atoms with Gasteiger partial charge < -0.3 is 5.73 Å². The summed E-state index contributed by atoms with van der Waals surface area (Å²) in [6, 6.07) is 0.